The highest BCUT2D eigenvalue weighted by atomic mass is 16.3. The van der Waals surface area contributed by atoms with Gasteiger partial charge in [-0.3, -0.25) is 4.90 Å². The van der Waals surface area contributed by atoms with Gasteiger partial charge in [-0.1, -0.05) is 18.2 Å². The fourth-order valence-electron chi connectivity index (χ4n) is 0.984. The van der Waals surface area contributed by atoms with Gasteiger partial charge >= 0.3 is 0 Å². The van der Waals surface area contributed by atoms with E-state index in [0.717, 1.165) is 0 Å². The maximum Gasteiger partial charge on any atom is 0.136 e. The lowest BCUT2D eigenvalue weighted by Crippen LogP contribution is -2.19. The summed E-state index contributed by atoms with van der Waals surface area (Å²) in [5.74, 6) is 0.124. The van der Waals surface area contributed by atoms with Gasteiger partial charge in [-0.05, 0) is 20.2 Å². The quantitative estimate of drug-likeness (QED) is 0.644. The third kappa shape index (κ3) is 1.75. The summed E-state index contributed by atoms with van der Waals surface area (Å²) < 4.78 is 0. The highest BCUT2D eigenvalue weighted by Gasteiger charge is 2.12. The molecule has 0 aliphatic rings. The maximum absolute atomic E-state index is 9.54. The summed E-state index contributed by atoms with van der Waals surface area (Å²) in [7, 11) is 3.49. The van der Waals surface area contributed by atoms with Crippen molar-refractivity contribution in [3.05, 3.63) is 29.8 Å². The Kier molecular flexibility index (Phi) is 2.68. The minimum absolute atomic E-state index is 0.124. The molecule has 0 aliphatic heterocycles. The third-order valence-corrected chi connectivity index (χ3v) is 1.70. The number of hydrogen-bond acceptors (Lipinski definition) is 3. The van der Waals surface area contributed by atoms with Gasteiger partial charge in [-0.2, -0.15) is 0 Å². The van der Waals surface area contributed by atoms with Gasteiger partial charge in [0.2, 0.25) is 0 Å². The van der Waals surface area contributed by atoms with E-state index in [4.69, 9.17) is 0 Å². The summed E-state index contributed by atoms with van der Waals surface area (Å²) in [4.78, 5) is 1.62. The number of hydrogen-bond donors (Lipinski definition) is 2. The monoisotopic (exact) mass is 167 g/mol. The SMILES string of the molecule is CN(C)C(O)c1ccccc1O. The number of rotatable bonds is 2. The summed E-state index contributed by atoms with van der Waals surface area (Å²) in [5.41, 5.74) is 0.530. The molecule has 3 nitrogen and oxygen atoms in total. The maximum atomic E-state index is 9.54. The summed E-state index contributed by atoms with van der Waals surface area (Å²) in [6, 6.07) is 6.76. The highest BCUT2D eigenvalue weighted by molar-refractivity contribution is 5.33. The van der Waals surface area contributed by atoms with Crippen molar-refractivity contribution < 1.29 is 10.2 Å². The van der Waals surface area contributed by atoms with Gasteiger partial charge in [0.15, 0.2) is 0 Å². The van der Waals surface area contributed by atoms with Crippen LogP contribution in [-0.4, -0.2) is 29.2 Å². The molecule has 0 aromatic heterocycles. The van der Waals surface area contributed by atoms with E-state index in [-0.39, 0.29) is 5.75 Å². The Morgan fingerprint density at radius 3 is 2.33 bits per heavy atom. The standard InChI is InChI=1S/C9H13NO2/c1-10(2)9(12)7-5-3-4-6-8(7)11/h3-6,9,11-12H,1-2H3. The lowest BCUT2D eigenvalue weighted by Gasteiger charge is -2.19. The average molecular weight is 167 g/mol. The number of phenolic OH excluding ortho intramolecular Hbond substituents is 1. The lowest BCUT2D eigenvalue weighted by atomic mass is 10.1. The van der Waals surface area contributed by atoms with Crippen molar-refractivity contribution in [3.63, 3.8) is 0 Å². The molecule has 0 aliphatic carbocycles. The number of aliphatic hydroxyl groups is 1. The summed E-state index contributed by atoms with van der Waals surface area (Å²) in [6.07, 6.45) is -0.744. The van der Waals surface area contributed by atoms with Gasteiger partial charge in [-0.15, -0.1) is 0 Å². The summed E-state index contributed by atoms with van der Waals surface area (Å²) in [6.45, 7) is 0. The third-order valence-electron chi connectivity index (χ3n) is 1.70. The molecule has 1 aromatic carbocycles. The van der Waals surface area contributed by atoms with Crippen molar-refractivity contribution in [1.29, 1.82) is 0 Å². The summed E-state index contributed by atoms with van der Waals surface area (Å²) >= 11 is 0. The Bertz CT molecular complexity index is 260. The molecule has 0 radical (unpaired) electrons. The van der Waals surface area contributed by atoms with E-state index in [1.807, 2.05) is 0 Å². The average Bonchev–Trinajstić information content (AvgIpc) is 2.04. The predicted molar refractivity (Wildman–Crippen MR) is 46.8 cm³/mol. The Hall–Kier alpha value is -1.06. The zero-order chi connectivity index (χ0) is 9.14. The van der Waals surface area contributed by atoms with Gasteiger partial charge < -0.3 is 10.2 Å². The van der Waals surface area contributed by atoms with Gasteiger partial charge in [-0.25, -0.2) is 0 Å². The summed E-state index contributed by atoms with van der Waals surface area (Å²) in [5, 5.41) is 18.9. The van der Waals surface area contributed by atoms with Gasteiger partial charge in [0.1, 0.15) is 12.0 Å². The second-order valence-corrected chi connectivity index (χ2v) is 2.90. The molecule has 0 amide bonds. The Labute approximate surface area is 71.9 Å². The number of benzene rings is 1. The molecule has 2 N–H and O–H groups in total. The molecule has 12 heavy (non-hydrogen) atoms. The van der Waals surface area contributed by atoms with E-state index in [2.05, 4.69) is 0 Å². The van der Waals surface area contributed by atoms with Crippen molar-refractivity contribution in [1.82, 2.24) is 4.90 Å². The molecular weight excluding hydrogens is 154 g/mol. The number of phenols is 1. The van der Waals surface area contributed by atoms with Crippen LogP contribution < -0.4 is 0 Å². The molecule has 3 heteroatoms. The molecule has 1 unspecified atom stereocenters. The topological polar surface area (TPSA) is 43.7 Å². The molecule has 0 saturated carbocycles. The number of aliphatic hydroxyl groups excluding tert-OH is 1. The highest BCUT2D eigenvalue weighted by Crippen LogP contribution is 2.24. The number of para-hydroxylation sites is 1. The van der Waals surface area contributed by atoms with Gasteiger partial charge in [0.25, 0.3) is 0 Å². The molecular formula is C9H13NO2. The van der Waals surface area contributed by atoms with Crippen molar-refractivity contribution in [3.8, 4) is 5.75 Å². The molecule has 1 atom stereocenters. The number of aromatic hydroxyl groups is 1. The van der Waals surface area contributed by atoms with Crippen molar-refractivity contribution in [2.45, 2.75) is 6.23 Å². The van der Waals surface area contributed by atoms with E-state index < -0.39 is 6.23 Å². The zero-order valence-electron chi connectivity index (χ0n) is 7.23. The molecule has 66 valence electrons. The Morgan fingerprint density at radius 2 is 1.83 bits per heavy atom. The number of nitrogens with zero attached hydrogens (tertiary/aromatic N) is 1. The first-order chi connectivity index (χ1) is 5.63. The van der Waals surface area contributed by atoms with Crippen LogP contribution in [0.5, 0.6) is 5.75 Å². The molecule has 1 rings (SSSR count). The van der Waals surface area contributed by atoms with Crippen LogP contribution in [0.4, 0.5) is 0 Å². The first kappa shape index (κ1) is 9.03. The molecule has 0 fully saturated rings. The van der Waals surface area contributed by atoms with Crippen LogP contribution in [0.2, 0.25) is 0 Å². The fraction of sp³-hybridized carbons (Fsp3) is 0.333. The van der Waals surface area contributed by atoms with Crippen LogP contribution in [0.15, 0.2) is 24.3 Å². The molecule has 0 heterocycles. The smallest absolute Gasteiger partial charge is 0.136 e. The van der Waals surface area contributed by atoms with Crippen LogP contribution in [-0.2, 0) is 0 Å². The van der Waals surface area contributed by atoms with Crippen LogP contribution in [0.1, 0.15) is 11.8 Å². The fourth-order valence-corrected chi connectivity index (χ4v) is 0.984. The van der Waals surface area contributed by atoms with Crippen molar-refractivity contribution in [2.75, 3.05) is 14.1 Å². The van der Waals surface area contributed by atoms with E-state index in [1.165, 1.54) is 0 Å². The lowest BCUT2D eigenvalue weighted by molar-refractivity contribution is 0.0375. The Balaban J connectivity index is 2.94. The zero-order valence-corrected chi connectivity index (χ0v) is 7.23. The van der Waals surface area contributed by atoms with Crippen LogP contribution >= 0.6 is 0 Å². The van der Waals surface area contributed by atoms with Crippen LogP contribution in [0.25, 0.3) is 0 Å². The van der Waals surface area contributed by atoms with Crippen LogP contribution in [0.3, 0.4) is 0 Å². The van der Waals surface area contributed by atoms with E-state index in [9.17, 15) is 10.2 Å². The minimum atomic E-state index is -0.744. The van der Waals surface area contributed by atoms with Crippen LogP contribution in [0, 0.1) is 0 Å². The molecule has 0 saturated heterocycles. The molecule has 1 aromatic rings. The first-order valence-corrected chi connectivity index (χ1v) is 3.75. The second kappa shape index (κ2) is 3.56. The van der Waals surface area contributed by atoms with Gasteiger partial charge in [0, 0.05) is 5.56 Å². The normalized spacial score (nSPS) is 13.3. The first-order valence-electron chi connectivity index (χ1n) is 3.75. The van der Waals surface area contributed by atoms with E-state index >= 15 is 0 Å². The van der Waals surface area contributed by atoms with Crippen molar-refractivity contribution >= 4 is 0 Å². The second-order valence-electron chi connectivity index (χ2n) is 2.90. The minimum Gasteiger partial charge on any atom is -0.508 e. The van der Waals surface area contributed by atoms with Gasteiger partial charge in [0.05, 0.1) is 0 Å². The van der Waals surface area contributed by atoms with E-state index in [1.54, 1.807) is 43.3 Å². The van der Waals surface area contributed by atoms with E-state index in [0.29, 0.717) is 5.56 Å². The Morgan fingerprint density at radius 1 is 1.25 bits per heavy atom. The molecule has 0 bridgehead atoms. The predicted octanol–water partition coefficient (Wildman–Crippen LogP) is 0.945. The van der Waals surface area contributed by atoms with Crippen molar-refractivity contribution in [2.24, 2.45) is 0 Å². The largest absolute Gasteiger partial charge is 0.508 e. The molecule has 0 spiro atoms.